The van der Waals surface area contributed by atoms with Gasteiger partial charge in [0.15, 0.2) is 0 Å². The third-order valence-corrected chi connectivity index (χ3v) is 10.4. The molecule has 2 saturated heterocycles. The van der Waals surface area contributed by atoms with E-state index in [2.05, 4.69) is 62.7 Å². The Morgan fingerprint density at radius 2 is 1.57 bits per heavy atom. The summed E-state index contributed by atoms with van der Waals surface area (Å²) in [4.78, 5) is 58.4. The third kappa shape index (κ3) is 6.34. The number of carbonyl (C=O) groups excluding carboxylic acids is 3. The molecule has 2 aromatic carbocycles. The van der Waals surface area contributed by atoms with Crippen LogP contribution in [-0.2, 0) is 27.2 Å². The molecule has 256 valence electrons. The number of hydrogen-bond acceptors (Lipinski definition) is 6. The number of aromatic nitrogens is 4. The average molecular weight is 664 g/mol. The van der Waals surface area contributed by atoms with Crippen LogP contribution in [0.15, 0.2) is 48.7 Å². The predicted octanol–water partition coefficient (Wildman–Crippen LogP) is 6.35. The lowest BCUT2D eigenvalue weighted by atomic mass is 9.95. The molecule has 0 saturated carbocycles. The standard InChI is InChI=1S/C38H45N7O4/c1-22(2)33(43-38(48)49-4)37(47)45-19-7-11-32(45)36-40-29-9-5-8-27-20-26(16-17-28(27)34(29)42-36)24-12-14-25(15-13-24)30-21-39-35(41-30)31-10-6-18-44(31)23(3)46/h12-17,20-22,31-33H,5-11,18-19H2,1-4H3,(H,39,41)(H,40,42)(H,43,48)/t31-,32-,33-/m0/s1. The first-order valence-electron chi connectivity index (χ1n) is 17.5. The van der Waals surface area contributed by atoms with Crippen molar-refractivity contribution < 1.29 is 19.1 Å². The lowest BCUT2D eigenvalue weighted by Crippen LogP contribution is -2.51. The number of methoxy groups -OCH3 is 1. The maximum absolute atomic E-state index is 13.7. The molecule has 3 aliphatic rings. The van der Waals surface area contributed by atoms with Gasteiger partial charge in [0, 0.05) is 31.3 Å². The zero-order valence-electron chi connectivity index (χ0n) is 28.7. The number of fused-ring (bicyclic) bond motifs is 3. The topological polar surface area (TPSA) is 136 Å². The zero-order valence-corrected chi connectivity index (χ0v) is 28.7. The van der Waals surface area contributed by atoms with E-state index in [0.717, 1.165) is 102 Å². The maximum atomic E-state index is 13.7. The van der Waals surface area contributed by atoms with Crippen molar-refractivity contribution in [3.05, 3.63) is 71.6 Å². The van der Waals surface area contributed by atoms with E-state index in [0.29, 0.717) is 6.54 Å². The van der Waals surface area contributed by atoms with E-state index in [-0.39, 0.29) is 29.8 Å². The summed E-state index contributed by atoms with van der Waals surface area (Å²) in [5.74, 6) is 1.56. The Labute approximate surface area is 286 Å². The van der Waals surface area contributed by atoms with Gasteiger partial charge in [0.25, 0.3) is 0 Å². The quantitative estimate of drug-likeness (QED) is 0.211. The predicted molar refractivity (Wildman–Crippen MR) is 186 cm³/mol. The highest BCUT2D eigenvalue weighted by atomic mass is 16.5. The lowest BCUT2D eigenvalue weighted by Gasteiger charge is -2.30. The van der Waals surface area contributed by atoms with Crippen molar-refractivity contribution in [2.75, 3.05) is 20.2 Å². The monoisotopic (exact) mass is 663 g/mol. The Morgan fingerprint density at radius 3 is 2.29 bits per heavy atom. The normalized spacial score (nSPS) is 19.4. The highest BCUT2D eigenvalue weighted by Gasteiger charge is 2.38. The van der Waals surface area contributed by atoms with Gasteiger partial charge < -0.3 is 29.8 Å². The smallest absolute Gasteiger partial charge is 0.407 e. The van der Waals surface area contributed by atoms with Crippen LogP contribution in [0.25, 0.3) is 33.6 Å². The summed E-state index contributed by atoms with van der Waals surface area (Å²) in [6.07, 6.45) is 7.73. The number of hydrogen-bond donors (Lipinski definition) is 3. The van der Waals surface area contributed by atoms with Gasteiger partial charge in [-0.3, -0.25) is 9.59 Å². The molecule has 2 aromatic heterocycles. The SMILES string of the molecule is COC(=O)N[C@H](C(=O)N1CCC[C@H]1c1nc2c([nH]1)CCCc1cc(-c3ccc(-c4cnc([C@@H]5CCCN5C(C)=O)[nH]4)cc3)ccc1-2)C(C)C. The van der Waals surface area contributed by atoms with Gasteiger partial charge in [-0.1, -0.05) is 56.3 Å². The summed E-state index contributed by atoms with van der Waals surface area (Å²) in [6, 6.07) is 14.4. The number of aryl methyl sites for hydroxylation is 2. The van der Waals surface area contributed by atoms with Crippen molar-refractivity contribution in [3.8, 4) is 33.6 Å². The molecule has 2 fully saturated rings. The first-order valence-corrected chi connectivity index (χ1v) is 17.5. The van der Waals surface area contributed by atoms with Crippen molar-refractivity contribution in [1.82, 2.24) is 35.1 Å². The van der Waals surface area contributed by atoms with Crippen molar-refractivity contribution >= 4 is 17.9 Å². The molecule has 2 aliphatic heterocycles. The fraction of sp³-hybridized carbons (Fsp3) is 0.447. The number of amides is 3. The molecule has 4 heterocycles. The molecular weight excluding hydrogens is 618 g/mol. The Kier molecular flexibility index (Phi) is 9.00. The number of likely N-dealkylation sites (tertiary alicyclic amines) is 2. The number of imidazole rings is 2. The summed E-state index contributed by atoms with van der Waals surface area (Å²) in [5.41, 5.74) is 8.78. The van der Waals surface area contributed by atoms with Crippen LogP contribution >= 0.6 is 0 Å². The summed E-state index contributed by atoms with van der Waals surface area (Å²) in [5, 5.41) is 2.73. The second kappa shape index (κ2) is 13.5. The number of aromatic amines is 2. The zero-order chi connectivity index (χ0) is 34.2. The van der Waals surface area contributed by atoms with Crippen molar-refractivity contribution in [2.45, 2.75) is 83.8 Å². The molecule has 3 atom stereocenters. The first-order chi connectivity index (χ1) is 23.7. The van der Waals surface area contributed by atoms with Gasteiger partial charge in [-0.2, -0.15) is 0 Å². The van der Waals surface area contributed by atoms with Crippen LogP contribution in [0.1, 0.15) is 87.9 Å². The summed E-state index contributed by atoms with van der Waals surface area (Å²) >= 11 is 0. The molecule has 0 unspecified atom stereocenters. The number of ether oxygens (including phenoxy) is 1. The minimum Gasteiger partial charge on any atom is -0.453 e. The van der Waals surface area contributed by atoms with Gasteiger partial charge in [-0.25, -0.2) is 14.8 Å². The molecule has 0 radical (unpaired) electrons. The molecule has 3 N–H and O–H groups in total. The number of rotatable bonds is 7. The molecule has 11 nitrogen and oxygen atoms in total. The van der Waals surface area contributed by atoms with Crippen LogP contribution in [0.3, 0.4) is 0 Å². The fourth-order valence-corrected chi connectivity index (χ4v) is 7.77. The highest BCUT2D eigenvalue weighted by molar-refractivity contribution is 5.86. The third-order valence-electron chi connectivity index (χ3n) is 10.4. The van der Waals surface area contributed by atoms with Crippen molar-refractivity contribution in [2.24, 2.45) is 5.92 Å². The fourth-order valence-electron chi connectivity index (χ4n) is 7.77. The average Bonchev–Trinajstić information content (AvgIpc) is 3.92. The van der Waals surface area contributed by atoms with E-state index in [1.807, 2.05) is 29.8 Å². The van der Waals surface area contributed by atoms with Gasteiger partial charge in [-0.15, -0.1) is 0 Å². The van der Waals surface area contributed by atoms with E-state index in [9.17, 15) is 14.4 Å². The maximum Gasteiger partial charge on any atom is 0.407 e. The van der Waals surface area contributed by atoms with Crippen LogP contribution in [0.4, 0.5) is 4.79 Å². The van der Waals surface area contributed by atoms with Gasteiger partial charge in [0.1, 0.15) is 17.7 Å². The highest BCUT2D eigenvalue weighted by Crippen LogP contribution is 2.38. The summed E-state index contributed by atoms with van der Waals surface area (Å²) in [6.45, 7) is 6.88. The molecular formula is C38H45N7O4. The van der Waals surface area contributed by atoms with E-state index >= 15 is 0 Å². The van der Waals surface area contributed by atoms with Crippen LogP contribution in [-0.4, -0.2) is 73.9 Å². The second-order valence-corrected chi connectivity index (χ2v) is 13.9. The number of benzene rings is 2. The number of carbonyl (C=O) groups is 3. The Hall–Kier alpha value is -4.93. The minimum absolute atomic E-state index is 0.0170. The molecule has 3 amide bonds. The molecule has 1 aliphatic carbocycles. The Balaban J connectivity index is 1.10. The Morgan fingerprint density at radius 1 is 0.878 bits per heavy atom. The largest absolute Gasteiger partial charge is 0.453 e. The van der Waals surface area contributed by atoms with Crippen LogP contribution < -0.4 is 5.32 Å². The van der Waals surface area contributed by atoms with E-state index in [4.69, 9.17) is 9.72 Å². The first kappa shape index (κ1) is 32.6. The van der Waals surface area contributed by atoms with Gasteiger partial charge in [0.05, 0.1) is 36.8 Å². The molecule has 0 bridgehead atoms. The molecule has 0 spiro atoms. The molecule has 11 heteroatoms. The lowest BCUT2D eigenvalue weighted by molar-refractivity contribution is -0.135. The van der Waals surface area contributed by atoms with Gasteiger partial charge in [-0.05, 0) is 73.1 Å². The molecule has 7 rings (SSSR count). The number of nitrogens with one attached hydrogen (secondary N) is 3. The molecule has 49 heavy (non-hydrogen) atoms. The van der Waals surface area contributed by atoms with E-state index in [1.165, 1.54) is 12.7 Å². The van der Waals surface area contributed by atoms with Gasteiger partial charge >= 0.3 is 6.09 Å². The summed E-state index contributed by atoms with van der Waals surface area (Å²) in [7, 11) is 1.31. The van der Waals surface area contributed by atoms with E-state index < -0.39 is 12.1 Å². The van der Waals surface area contributed by atoms with Crippen molar-refractivity contribution in [3.63, 3.8) is 0 Å². The number of nitrogens with zero attached hydrogens (tertiary/aromatic N) is 4. The second-order valence-electron chi connectivity index (χ2n) is 13.9. The number of H-pyrrole nitrogens is 2. The number of alkyl carbamates (subject to hydrolysis) is 1. The van der Waals surface area contributed by atoms with Crippen molar-refractivity contribution in [1.29, 1.82) is 0 Å². The van der Waals surface area contributed by atoms with Crippen LogP contribution in [0, 0.1) is 5.92 Å². The minimum atomic E-state index is -0.665. The molecule has 4 aromatic rings. The van der Waals surface area contributed by atoms with E-state index in [1.54, 1.807) is 6.92 Å². The van der Waals surface area contributed by atoms with Gasteiger partial charge in [0.2, 0.25) is 11.8 Å². The Bertz CT molecular complexity index is 1860. The summed E-state index contributed by atoms with van der Waals surface area (Å²) < 4.78 is 4.79. The van der Waals surface area contributed by atoms with Crippen LogP contribution in [0.5, 0.6) is 0 Å². The van der Waals surface area contributed by atoms with Crippen LogP contribution in [0.2, 0.25) is 0 Å².